The van der Waals surface area contributed by atoms with E-state index >= 15 is 0 Å². The SMILES string of the molecule is CCS[C@H]1O[C@H](C(COC(=O)c2ccccc2)OC(=O)c2ccccc2)[C@H](OC(=O)c2ccccc2)[C@H]1OC(=O)c1ccccc1. The van der Waals surface area contributed by atoms with E-state index in [1.807, 2.05) is 6.92 Å². The number of thioether (sulfide) groups is 1. The van der Waals surface area contributed by atoms with Gasteiger partial charge in [-0.25, -0.2) is 19.2 Å². The van der Waals surface area contributed by atoms with Crippen molar-refractivity contribution >= 4 is 35.6 Å². The van der Waals surface area contributed by atoms with Gasteiger partial charge in [0, 0.05) is 0 Å². The van der Waals surface area contributed by atoms with Crippen molar-refractivity contribution in [1.29, 1.82) is 0 Å². The number of hydrogen-bond acceptors (Lipinski definition) is 10. The van der Waals surface area contributed by atoms with Crippen LogP contribution < -0.4 is 0 Å². The topological polar surface area (TPSA) is 114 Å². The maximum absolute atomic E-state index is 13.4. The van der Waals surface area contributed by atoms with Gasteiger partial charge in [0.15, 0.2) is 18.3 Å². The number of esters is 4. The third-order valence-electron chi connectivity index (χ3n) is 7.07. The average Bonchev–Trinajstić information content (AvgIpc) is 3.43. The summed E-state index contributed by atoms with van der Waals surface area (Å²) in [5.74, 6) is -2.14. The molecule has 1 aliphatic rings. The highest BCUT2D eigenvalue weighted by atomic mass is 32.2. The molecule has 0 radical (unpaired) electrons. The lowest BCUT2D eigenvalue weighted by Crippen LogP contribution is -2.47. The second-order valence-electron chi connectivity index (χ2n) is 10.2. The van der Waals surface area contributed by atoms with E-state index in [0.717, 1.165) is 0 Å². The van der Waals surface area contributed by atoms with Crippen LogP contribution in [0.2, 0.25) is 0 Å². The Morgan fingerprint density at radius 3 is 1.48 bits per heavy atom. The summed E-state index contributed by atoms with van der Waals surface area (Å²) >= 11 is 1.33. The molecule has 236 valence electrons. The molecule has 0 aliphatic carbocycles. The summed E-state index contributed by atoms with van der Waals surface area (Å²) in [7, 11) is 0. The molecule has 9 nitrogen and oxygen atoms in total. The van der Waals surface area contributed by atoms with Crippen LogP contribution >= 0.6 is 11.8 Å². The van der Waals surface area contributed by atoms with Crippen molar-refractivity contribution in [3.63, 3.8) is 0 Å². The Labute approximate surface area is 270 Å². The summed E-state index contributed by atoms with van der Waals surface area (Å²) in [6.07, 6.45) is -4.78. The molecule has 0 aromatic heterocycles. The van der Waals surface area contributed by atoms with E-state index in [1.54, 1.807) is 121 Å². The Bertz CT molecular complexity index is 1600. The van der Waals surface area contributed by atoms with Gasteiger partial charge in [-0.2, -0.15) is 0 Å². The summed E-state index contributed by atoms with van der Waals surface area (Å²) < 4.78 is 29.9. The second kappa shape index (κ2) is 15.9. The van der Waals surface area contributed by atoms with Crippen LogP contribution in [-0.4, -0.2) is 66.1 Å². The van der Waals surface area contributed by atoms with Gasteiger partial charge in [0.05, 0.1) is 22.3 Å². The summed E-state index contributed by atoms with van der Waals surface area (Å²) in [6.45, 7) is 1.47. The molecule has 5 atom stereocenters. The lowest BCUT2D eigenvalue weighted by molar-refractivity contribution is -0.0899. The number of carbonyl (C=O) groups excluding carboxylic acids is 4. The Kier molecular flexibility index (Phi) is 11.2. The predicted molar refractivity (Wildman–Crippen MR) is 170 cm³/mol. The van der Waals surface area contributed by atoms with Crippen molar-refractivity contribution < 1.29 is 42.9 Å². The second-order valence-corrected chi connectivity index (χ2v) is 11.5. The predicted octanol–water partition coefficient (Wildman–Crippen LogP) is 6.00. The highest BCUT2D eigenvalue weighted by Crippen LogP contribution is 2.37. The highest BCUT2D eigenvalue weighted by molar-refractivity contribution is 7.99. The van der Waals surface area contributed by atoms with Crippen molar-refractivity contribution in [3.8, 4) is 0 Å². The zero-order valence-electron chi connectivity index (χ0n) is 24.9. The number of carbonyl (C=O) groups is 4. The quantitative estimate of drug-likeness (QED) is 0.135. The molecule has 4 aromatic carbocycles. The van der Waals surface area contributed by atoms with Crippen molar-refractivity contribution in [2.45, 2.75) is 36.8 Å². The van der Waals surface area contributed by atoms with Crippen LogP contribution in [0.5, 0.6) is 0 Å². The first-order valence-corrected chi connectivity index (χ1v) is 15.8. The lowest BCUT2D eigenvalue weighted by atomic mass is 10.1. The number of benzene rings is 4. The maximum Gasteiger partial charge on any atom is 0.338 e. The molecule has 5 rings (SSSR count). The van der Waals surface area contributed by atoms with E-state index in [9.17, 15) is 19.2 Å². The van der Waals surface area contributed by atoms with E-state index in [1.165, 1.54) is 11.8 Å². The van der Waals surface area contributed by atoms with E-state index in [-0.39, 0.29) is 11.1 Å². The third kappa shape index (κ3) is 8.21. The fourth-order valence-corrected chi connectivity index (χ4v) is 5.76. The van der Waals surface area contributed by atoms with Crippen molar-refractivity contribution in [1.82, 2.24) is 0 Å². The summed E-state index contributed by atoms with van der Waals surface area (Å²) in [4.78, 5) is 52.9. The van der Waals surface area contributed by atoms with E-state index in [4.69, 9.17) is 23.7 Å². The standard InChI is InChI=1S/C36H32O9S/c1-2-46-36-31(44-35(40)27-21-13-6-14-22-27)30(43-34(39)26-19-11-5-12-20-26)29(45-36)28(42-33(38)25-17-9-4-10-18-25)23-41-32(37)24-15-7-3-8-16-24/h3-22,28-31,36H,2,23H2,1H3/t28?,29-,30+,31-,36-/m1/s1. The van der Waals surface area contributed by atoms with Crippen LogP contribution in [0.25, 0.3) is 0 Å². The van der Waals surface area contributed by atoms with Gasteiger partial charge in [-0.3, -0.25) is 0 Å². The van der Waals surface area contributed by atoms with Crippen molar-refractivity contribution in [2.75, 3.05) is 12.4 Å². The van der Waals surface area contributed by atoms with Crippen molar-refractivity contribution in [3.05, 3.63) is 144 Å². The van der Waals surface area contributed by atoms with Crippen LogP contribution in [0.4, 0.5) is 0 Å². The zero-order chi connectivity index (χ0) is 32.3. The molecule has 0 spiro atoms. The van der Waals surface area contributed by atoms with E-state index < -0.39 is 60.3 Å². The molecule has 4 aromatic rings. The number of hydrogen-bond donors (Lipinski definition) is 0. The molecular formula is C36H32O9S. The molecule has 0 saturated carbocycles. The van der Waals surface area contributed by atoms with Crippen LogP contribution in [0.3, 0.4) is 0 Å². The maximum atomic E-state index is 13.4. The molecular weight excluding hydrogens is 608 g/mol. The molecule has 0 amide bonds. The molecule has 1 fully saturated rings. The first-order chi connectivity index (χ1) is 22.4. The van der Waals surface area contributed by atoms with Gasteiger partial charge in [-0.05, 0) is 54.3 Å². The van der Waals surface area contributed by atoms with E-state index in [2.05, 4.69) is 0 Å². The van der Waals surface area contributed by atoms with Crippen molar-refractivity contribution in [2.24, 2.45) is 0 Å². The smallest absolute Gasteiger partial charge is 0.338 e. The molecule has 0 bridgehead atoms. The van der Waals surface area contributed by atoms with Crippen LogP contribution in [0, 0.1) is 0 Å². The monoisotopic (exact) mass is 640 g/mol. The van der Waals surface area contributed by atoms with Gasteiger partial charge in [0.25, 0.3) is 0 Å². The Morgan fingerprint density at radius 1 is 0.609 bits per heavy atom. The van der Waals surface area contributed by atoms with Gasteiger partial charge in [-0.1, -0.05) is 79.7 Å². The average molecular weight is 641 g/mol. The number of rotatable bonds is 12. The molecule has 46 heavy (non-hydrogen) atoms. The first kappa shape index (κ1) is 32.5. The van der Waals surface area contributed by atoms with Gasteiger partial charge in [-0.15, -0.1) is 11.8 Å². The highest BCUT2D eigenvalue weighted by Gasteiger charge is 2.54. The van der Waals surface area contributed by atoms with E-state index in [0.29, 0.717) is 16.9 Å². The van der Waals surface area contributed by atoms with Gasteiger partial charge in [0.1, 0.15) is 18.1 Å². The first-order valence-electron chi connectivity index (χ1n) is 14.7. The molecule has 10 heteroatoms. The van der Waals surface area contributed by atoms with Gasteiger partial charge >= 0.3 is 23.9 Å². The fraction of sp³-hybridized carbons (Fsp3) is 0.222. The summed E-state index contributed by atoms with van der Waals surface area (Å²) in [6, 6.07) is 33.3. The fourth-order valence-electron chi connectivity index (χ4n) is 4.83. The minimum absolute atomic E-state index is 0.254. The third-order valence-corrected chi connectivity index (χ3v) is 8.11. The van der Waals surface area contributed by atoms with Crippen LogP contribution in [0.1, 0.15) is 48.4 Å². The molecule has 1 saturated heterocycles. The molecule has 0 N–H and O–H groups in total. The summed E-state index contributed by atoms with van der Waals surface area (Å²) in [5, 5.41) is 0. The van der Waals surface area contributed by atoms with Gasteiger partial charge in [0.2, 0.25) is 0 Å². The number of ether oxygens (including phenoxy) is 5. The molecule has 1 heterocycles. The zero-order valence-corrected chi connectivity index (χ0v) is 25.7. The molecule has 1 aliphatic heterocycles. The largest absolute Gasteiger partial charge is 0.458 e. The minimum atomic E-state index is -1.26. The van der Waals surface area contributed by atoms with Gasteiger partial charge < -0.3 is 23.7 Å². The Hall–Kier alpha value is -4.93. The van der Waals surface area contributed by atoms with Crippen LogP contribution in [-0.2, 0) is 23.7 Å². The normalized spacial score (nSPS) is 19.4. The lowest BCUT2D eigenvalue weighted by Gasteiger charge is -2.28. The Balaban J connectivity index is 1.49. The summed E-state index contributed by atoms with van der Waals surface area (Å²) in [5.41, 5.74) is 0.296. The minimum Gasteiger partial charge on any atom is -0.458 e. The van der Waals surface area contributed by atoms with Crippen LogP contribution in [0.15, 0.2) is 121 Å². The Morgan fingerprint density at radius 2 is 1.02 bits per heavy atom. The molecule has 1 unspecified atom stereocenters.